The van der Waals surface area contributed by atoms with Crippen LogP contribution in [0.3, 0.4) is 0 Å². The summed E-state index contributed by atoms with van der Waals surface area (Å²) >= 11 is 0. The summed E-state index contributed by atoms with van der Waals surface area (Å²) in [6, 6.07) is 13.9. The molecular weight excluding hydrogens is 288 g/mol. The number of hydrogen-bond acceptors (Lipinski definition) is 3. The van der Waals surface area contributed by atoms with Crippen LogP contribution in [-0.2, 0) is 6.42 Å². The lowest BCUT2D eigenvalue weighted by atomic mass is 10.0. The molecule has 1 aromatic heterocycles. The molecular formula is C19H16N2O2. The van der Waals surface area contributed by atoms with Crippen LogP contribution < -0.4 is 10.3 Å². The Morgan fingerprint density at radius 1 is 1.09 bits per heavy atom. The Bertz CT molecular complexity index is 973. The molecule has 0 bridgehead atoms. The minimum atomic E-state index is -0.140. The second kappa shape index (κ2) is 5.09. The third kappa shape index (κ3) is 2.42. The second-order valence-corrected chi connectivity index (χ2v) is 5.96. The molecule has 4 heteroatoms. The van der Waals surface area contributed by atoms with E-state index < -0.39 is 0 Å². The lowest BCUT2D eigenvalue weighted by molar-refractivity contribution is 0.438. The molecule has 0 saturated heterocycles. The maximum absolute atomic E-state index is 12.5. The van der Waals surface area contributed by atoms with Crippen molar-refractivity contribution in [1.29, 1.82) is 0 Å². The van der Waals surface area contributed by atoms with Crippen LogP contribution in [0.15, 0.2) is 47.3 Å². The molecule has 0 saturated carbocycles. The fraction of sp³-hybridized carbons (Fsp3) is 0.158. The van der Waals surface area contributed by atoms with Crippen molar-refractivity contribution in [3.8, 4) is 23.0 Å². The van der Waals surface area contributed by atoms with E-state index in [9.17, 15) is 4.79 Å². The number of hydrogen-bond donors (Lipinski definition) is 1. The molecule has 0 unspecified atom stereocenters. The third-order valence-corrected chi connectivity index (χ3v) is 4.06. The summed E-state index contributed by atoms with van der Waals surface area (Å²) < 4.78 is 5.87. The van der Waals surface area contributed by atoms with Crippen molar-refractivity contribution < 1.29 is 4.74 Å². The summed E-state index contributed by atoms with van der Waals surface area (Å²) in [4.78, 5) is 19.9. The minimum absolute atomic E-state index is 0.140. The van der Waals surface area contributed by atoms with Gasteiger partial charge in [0.25, 0.3) is 5.56 Å². The average Bonchev–Trinajstić information content (AvgIpc) is 2.53. The van der Waals surface area contributed by atoms with Crippen LogP contribution in [-0.4, -0.2) is 9.97 Å². The maximum Gasteiger partial charge on any atom is 0.258 e. The van der Waals surface area contributed by atoms with Gasteiger partial charge in [-0.1, -0.05) is 41.5 Å². The van der Waals surface area contributed by atoms with Crippen LogP contribution in [0.4, 0.5) is 0 Å². The Morgan fingerprint density at radius 3 is 2.74 bits per heavy atom. The summed E-state index contributed by atoms with van der Waals surface area (Å²) in [5.41, 5.74) is 4.61. The number of ether oxygens (including phenoxy) is 1. The predicted molar refractivity (Wildman–Crippen MR) is 89.1 cm³/mol. The molecule has 23 heavy (non-hydrogen) atoms. The zero-order valence-electron chi connectivity index (χ0n) is 13.0. The van der Waals surface area contributed by atoms with E-state index in [4.69, 9.17) is 4.74 Å². The standard InChI is InChI=1S/C19H16N2O2/c1-11-4-3-5-13(8-11)17-20-18(22)15-10-14-9-12(2)6-7-16(14)23-19(15)21-17/h3-9H,10H2,1-2H3,(H,20,21,22). The molecule has 0 radical (unpaired) electrons. The van der Waals surface area contributed by atoms with Gasteiger partial charge in [0.05, 0.1) is 5.56 Å². The summed E-state index contributed by atoms with van der Waals surface area (Å²) in [6.07, 6.45) is 0.544. The Kier molecular flexibility index (Phi) is 3.05. The molecule has 2 heterocycles. The van der Waals surface area contributed by atoms with E-state index in [0.717, 1.165) is 28.0 Å². The molecule has 0 fully saturated rings. The van der Waals surface area contributed by atoms with E-state index in [-0.39, 0.29) is 5.56 Å². The largest absolute Gasteiger partial charge is 0.438 e. The Balaban J connectivity index is 1.83. The van der Waals surface area contributed by atoms with E-state index in [1.165, 1.54) is 0 Å². The quantitative estimate of drug-likeness (QED) is 0.582. The van der Waals surface area contributed by atoms with E-state index in [1.54, 1.807) is 0 Å². The van der Waals surface area contributed by atoms with Gasteiger partial charge in [0.15, 0.2) is 0 Å². The normalized spacial score (nSPS) is 12.3. The first-order valence-electron chi connectivity index (χ1n) is 7.58. The number of rotatable bonds is 1. The average molecular weight is 304 g/mol. The van der Waals surface area contributed by atoms with Gasteiger partial charge in [-0.3, -0.25) is 4.79 Å². The van der Waals surface area contributed by atoms with Crippen molar-refractivity contribution >= 4 is 0 Å². The number of fused-ring (bicyclic) bond motifs is 2. The number of nitrogens with zero attached hydrogens (tertiary/aromatic N) is 1. The first-order valence-corrected chi connectivity index (χ1v) is 7.58. The van der Waals surface area contributed by atoms with E-state index in [0.29, 0.717) is 23.7 Å². The highest BCUT2D eigenvalue weighted by molar-refractivity contribution is 5.58. The van der Waals surface area contributed by atoms with Gasteiger partial charge in [-0.15, -0.1) is 0 Å². The van der Waals surface area contributed by atoms with Gasteiger partial charge >= 0.3 is 0 Å². The zero-order chi connectivity index (χ0) is 16.0. The second-order valence-electron chi connectivity index (χ2n) is 5.96. The van der Waals surface area contributed by atoms with Gasteiger partial charge in [0.2, 0.25) is 5.88 Å². The third-order valence-electron chi connectivity index (χ3n) is 4.06. The van der Waals surface area contributed by atoms with Gasteiger partial charge in [-0.2, -0.15) is 4.98 Å². The molecule has 1 aliphatic heterocycles. The van der Waals surface area contributed by atoms with Gasteiger partial charge in [0, 0.05) is 12.0 Å². The Morgan fingerprint density at radius 2 is 1.91 bits per heavy atom. The van der Waals surface area contributed by atoms with Crippen LogP contribution >= 0.6 is 0 Å². The fourth-order valence-electron chi connectivity index (χ4n) is 2.89. The minimum Gasteiger partial charge on any atom is -0.438 e. The van der Waals surface area contributed by atoms with Crippen LogP contribution in [0.1, 0.15) is 22.3 Å². The molecule has 0 atom stereocenters. The van der Waals surface area contributed by atoms with Crippen molar-refractivity contribution in [3.63, 3.8) is 0 Å². The molecule has 4 nitrogen and oxygen atoms in total. The summed E-state index contributed by atoms with van der Waals surface area (Å²) in [5.74, 6) is 1.71. The Hall–Kier alpha value is -2.88. The van der Waals surface area contributed by atoms with Crippen LogP contribution in [0.25, 0.3) is 11.4 Å². The summed E-state index contributed by atoms with van der Waals surface area (Å²) in [6.45, 7) is 4.04. The van der Waals surface area contributed by atoms with Crippen molar-refractivity contribution in [2.24, 2.45) is 0 Å². The van der Waals surface area contributed by atoms with Gasteiger partial charge in [0.1, 0.15) is 11.6 Å². The lowest BCUT2D eigenvalue weighted by Crippen LogP contribution is -2.20. The molecule has 2 aromatic carbocycles. The molecule has 0 spiro atoms. The number of nitrogens with one attached hydrogen (secondary N) is 1. The van der Waals surface area contributed by atoms with Crippen LogP contribution in [0, 0.1) is 13.8 Å². The molecule has 0 aliphatic carbocycles. The molecule has 4 rings (SSSR count). The zero-order valence-corrected chi connectivity index (χ0v) is 13.0. The highest BCUT2D eigenvalue weighted by Crippen LogP contribution is 2.34. The number of aromatic amines is 1. The maximum atomic E-state index is 12.5. The number of aromatic nitrogens is 2. The lowest BCUT2D eigenvalue weighted by Gasteiger charge is -2.19. The van der Waals surface area contributed by atoms with E-state index in [1.807, 2.05) is 56.3 Å². The van der Waals surface area contributed by atoms with Crippen molar-refractivity contribution in [3.05, 3.63) is 75.1 Å². The predicted octanol–water partition coefficient (Wildman–Crippen LogP) is 3.75. The molecule has 114 valence electrons. The summed E-state index contributed by atoms with van der Waals surface area (Å²) in [7, 11) is 0. The Labute approximate surface area is 133 Å². The first kappa shape index (κ1) is 13.8. The smallest absolute Gasteiger partial charge is 0.258 e. The number of H-pyrrole nitrogens is 1. The SMILES string of the molecule is Cc1cccc(-c2nc3c(c(=O)[nH]2)Cc2cc(C)ccc2O3)c1. The van der Waals surface area contributed by atoms with Crippen molar-refractivity contribution in [2.75, 3.05) is 0 Å². The highest BCUT2D eigenvalue weighted by atomic mass is 16.5. The van der Waals surface area contributed by atoms with Gasteiger partial charge < -0.3 is 9.72 Å². The van der Waals surface area contributed by atoms with Crippen LogP contribution in [0.2, 0.25) is 0 Å². The van der Waals surface area contributed by atoms with Gasteiger partial charge in [-0.05, 0) is 31.5 Å². The van der Waals surface area contributed by atoms with Crippen LogP contribution in [0.5, 0.6) is 11.6 Å². The van der Waals surface area contributed by atoms with E-state index >= 15 is 0 Å². The fourth-order valence-corrected chi connectivity index (χ4v) is 2.89. The monoisotopic (exact) mass is 304 g/mol. The van der Waals surface area contributed by atoms with Crippen molar-refractivity contribution in [1.82, 2.24) is 9.97 Å². The van der Waals surface area contributed by atoms with Gasteiger partial charge in [-0.25, -0.2) is 0 Å². The highest BCUT2D eigenvalue weighted by Gasteiger charge is 2.22. The number of benzene rings is 2. The molecule has 1 aliphatic rings. The van der Waals surface area contributed by atoms with Crippen molar-refractivity contribution in [2.45, 2.75) is 20.3 Å². The number of aryl methyl sites for hydroxylation is 2. The first-order chi connectivity index (χ1) is 11.1. The topological polar surface area (TPSA) is 55.0 Å². The molecule has 3 aromatic rings. The molecule has 1 N–H and O–H groups in total. The summed E-state index contributed by atoms with van der Waals surface area (Å²) in [5, 5.41) is 0. The molecule has 0 amide bonds. The van der Waals surface area contributed by atoms with E-state index in [2.05, 4.69) is 9.97 Å².